The quantitative estimate of drug-likeness (QED) is 0.849. The third-order valence-electron chi connectivity index (χ3n) is 3.27. The Morgan fingerprint density at radius 2 is 1.90 bits per heavy atom. The van der Waals surface area contributed by atoms with Gasteiger partial charge in [-0.2, -0.15) is 4.98 Å². The molecule has 0 aliphatic heterocycles. The summed E-state index contributed by atoms with van der Waals surface area (Å²) in [7, 11) is 0. The molecule has 0 radical (unpaired) electrons. The van der Waals surface area contributed by atoms with Crippen LogP contribution in [0.4, 0.5) is 0 Å². The maximum absolute atomic E-state index is 5.85. The first-order valence-corrected chi connectivity index (χ1v) is 7.39. The Morgan fingerprint density at radius 1 is 1.19 bits per heavy atom. The molecule has 5 heteroatoms. The van der Waals surface area contributed by atoms with Gasteiger partial charge in [-0.15, -0.1) is 0 Å². The third-order valence-corrected chi connectivity index (χ3v) is 3.27. The summed E-state index contributed by atoms with van der Waals surface area (Å²) >= 11 is 0. The fourth-order valence-electron chi connectivity index (χ4n) is 2.27. The first-order chi connectivity index (χ1) is 10.1. The van der Waals surface area contributed by atoms with Gasteiger partial charge in [0.05, 0.1) is 0 Å². The number of nitrogens with zero attached hydrogens (tertiary/aromatic N) is 2. The Balaban J connectivity index is 2.05. The van der Waals surface area contributed by atoms with Gasteiger partial charge in [0.15, 0.2) is 12.4 Å². The van der Waals surface area contributed by atoms with Gasteiger partial charge in [-0.1, -0.05) is 31.1 Å². The summed E-state index contributed by atoms with van der Waals surface area (Å²) in [6.45, 7) is 10.4. The van der Waals surface area contributed by atoms with Crippen LogP contribution in [0.25, 0.3) is 0 Å². The largest absolute Gasteiger partial charge is 0.483 e. The predicted octanol–water partition coefficient (Wildman–Crippen LogP) is 2.94. The van der Waals surface area contributed by atoms with Crippen LogP contribution in [0.3, 0.4) is 0 Å². The van der Waals surface area contributed by atoms with Crippen molar-refractivity contribution in [3.05, 3.63) is 40.5 Å². The van der Waals surface area contributed by atoms with Crippen molar-refractivity contribution < 1.29 is 9.26 Å². The molecule has 0 bridgehead atoms. The van der Waals surface area contributed by atoms with Crippen LogP contribution in [0, 0.1) is 13.8 Å². The molecule has 0 atom stereocenters. The molecule has 2 rings (SSSR count). The summed E-state index contributed by atoms with van der Waals surface area (Å²) in [5.74, 6) is 2.12. The maximum Gasteiger partial charge on any atom is 0.264 e. The van der Waals surface area contributed by atoms with E-state index in [4.69, 9.17) is 9.26 Å². The normalized spacial score (nSPS) is 10.9. The third kappa shape index (κ3) is 4.04. The molecular weight excluding hydrogens is 266 g/mol. The lowest BCUT2D eigenvalue weighted by Gasteiger charge is -2.13. The number of aryl methyl sites for hydroxylation is 3. The summed E-state index contributed by atoms with van der Waals surface area (Å²) in [6.07, 6.45) is 0.765. The molecule has 0 aliphatic carbocycles. The van der Waals surface area contributed by atoms with E-state index in [-0.39, 0.29) is 0 Å². The van der Waals surface area contributed by atoms with Crippen LogP contribution >= 0.6 is 0 Å². The number of benzene rings is 1. The fourth-order valence-corrected chi connectivity index (χ4v) is 2.27. The van der Waals surface area contributed by atoms with Crippen LogP contribution in [-0.2, 0) is 19.6 Å². The summed E-state index contributed by atoms with van der Waals surface area (Å²) in [6, 6.07) is 4.30. The smallest absolute Gasteiger partial charge is 0.264 e. The number of rotatable bonds is 7. The number of aromatic nitrogens is 2. The van der Waals surface area contributed by atoms with E-state index in [2.05, 4.69) is 48.4 Å². The highest BCUT2D eigenvalue weighted by Gasteiger charge is 2.10. The predicted molar refractivity (Wildman–Crippen MR) is 81.3 cm³/mol. The standard InChI is InChI=1S/C16H23N3O2/c1-5-14-18-15(21-19-14)10-20-16-11(3)7-13(8-12(16)4)9-17-6-2/h7-8,17H,5-6,9-10H2,1-4H3. The second-order valence-corrected chi connectivity index (χ2v) is 5.09. The minimum Gasteiger partial charge on any atom is -0.483 e. The van der Waals surface area contributed by atoms with Crippen LogP contribution in [0.2, 0.25) is 0 Å². The second kappa shape index (κ2) is 7.22. The molecule has 0 unspecified atom stereocenters. The molecule has 0 saturated heterocycles. The van der Waals surface area contributed by atoms with Gasteiger partial charge in [0.2, 0.25) is 0 Å². The molecule has 5 nitrogen and oxygen atoms in total. The molecular formula is C16H23N3O2. The Bertz CT molecular complexity index is 570. The van der Waals surface area contributed by atoms with Gasteiger partial charge in [0, 0.05) is 13.0 Å². The lowest BCUT2D eigenvalue weighted by molar-refractivity contribution is 0.240. The second-order valence-electron chi connectivity index (χ2n) is 5.09. The van der Waals surface area contributed by atoms with Crippen molar-refractivity contribution >= 4 is 0 Å². The Labute approximate surface area is 125 Å². The molecule has 2 aromatic rings. The summed E-state index contributed by atoms with van der Waals surface area (Å²) < 4.78 is 11.0. The molecule has 0 spiro atoms. The first-order valence-electron chi connectivity index (χ1n) is 7.39. The fraction of sp³-hybridized carbons (Fsp3) is 0.500. The van der Waals surface area contributed by atoms with Crippen molar-refractivity contribution in [1.29, 1.82) is 0 Å². The van der Waals surface area contributed by atoms with E-state index in [9.17, 15) is 0 Å². The van der Waals surface area contributed by atoms with Gasteiger partial charge in [-0.3, -0.25) is 0 Å². The molecule has 21 heavy (non-hydrogen) atoms. The Morgan fingerprint density at radius 3 is 2.48 bits per heavy atom. The van der Waals surface area contributed by atoms with Crippen molar-refractivity contribution in [3.8, 4) is 5.75 Å². The molecule has 0 fully saturated rings. The van der Waals surface area contributed by atoms with Crippen molar-refractivity contribution in [3.63, 3.8) is 0 Å². The van der Waals surface area contributed by atoms with E-state index >= 15 is 0 Å². The lowest BCUT2D eigenvalue weighted by Crippen LogP contribution is -2.12. The molecule has 0 amide bonds. The van der Waals surface area contributed by atoms with E-state index < -0.39 is 0 Å². The average Bonchev–Trinajstić information content (AvgIpc) is 2.92. The summed E-state index contributed by atoms with van der Waals surface area (Å²) in [5, 5.41) is 7.20. The van der Waals surface area contributed by atoms with Crippen molar-refractivity contribution in [2.75, 3.05) is 6.54 Å². The molecule has 1 heterocycles. The van der Waals surface area contributed by atoms with Gasteiger partial charge < -0.3 is 14.6 Å². The number of ether oxygens (including phenoxy) is 1. The molecule has 0 saturated carbocycles. The molecule has 114 valence electrons. The number of hydrogen-bond acceptors (Lipinski definition) is 5. The zero-order chi connectivity index (χ0) is 15.2. The van der Waals surface area contributed by atoms with E-state index in [1.807, 2.05) is 6.92 Å². The van der Waals surface area contributed by atoms with Crippen molar-refractivity contribution in [2.45, 2.75) is 47.3 Å². The first kappa shape index (κ1) is 15.5. The number of hydrogen-bond donors (Lipinski definition) is 1. The number of nitrogens with one attached hydrogen (secondary N) is 1. The minimum absolute atomic E-state index is 0.307. The molecule has 1 aromatic carbocycles. The molecule has 1 aromatic heterocycles. The van der Waals surface area contributed by atoms with Gasteiger partial charge in [0.25, 0.3) is 5.89 Å². The summed E-state index contributed by atoms with van der Waals surface area (Å²) in [5.41, 5.74) is 3.52. The van der Waals surface area contributed by atoms with Gasteiger partial charge >= 0.3 is 0 Å². The van der Waals surface area contributed by atoms with Crippen LogP contribution in [-0.4, -0.2) is 16.7 Å². The van der Waals surface area contributed by atoms with Gasteiger partial charge in [-0.25, -0.2) is 0 Å². The highest BCUT2D eigenvalue weighted by Crippen LogP contribution is 2.25. The van der Waals surface area contributed by atoms with E-state index in [0.29, 0.717) is 18.3 Å². The van der Waals surface area contributed by atoms with Crippen LogP contribution in [0.1, 0.15) is 42.3 Å². The Kier molecular flexibility index (Phi) is 5.33. The van der Waals surface area contributed by atoms with Gasteiger partial charge in [0.1, 0.15) is 5.75 Å². The van der Waals surface area contributed by atoms with Crippen molar-refractivity contribution in [2.24, 2.45) is 0 Å². The topological polar surface area (TPSA) is 60.2 Å². The van der Waals surface area contributed by atoms with Gasteiger partial charge in [-0.05, 0) is 37.1 Å². The maximum atomic E-state index is 5.85. The van der Waals surface area contributed by atoms with Crippen LogP contribution in [0.15, 0.2) is 16.7 Å². The van der Waals surface area contributed by atoms with Crippen LogP contribution < -0.4 is 10.1 Å². The highest BCUT2D eigenvalue weighted by molar-refractivity contribution is 5.43. The SMILES string of the molecule is CCNCc1cc(C)c(OCc2nc(CC)no2)c(C)c1. The highest BCUT2D eigenvalue weighted by atomic mass is 16.5. The minimum atomic E-state index is 0.307. The van der Waals surface area contributed by atoms with E-state index in [1.54, 1.807) is 0 Å². The van der Waals surface area contributed by atoms with Crippen LogP contribution in [0.5, 0.6) is 5.75 Å². The van der Waals surface area contributed by atoms with E-state index in [1.165, 1.54) is 5.56 Å². The lowest BCUT2D eigenvalue weighted by atomic mass is 10.1. The Hall–Kier alpha value is -1.88. The average molecular weight is 289 g/mol. The zero-order valence-electron chi connectivity index (χ0n) is 13.2. The monoisotopic (exact) mass is 289 g/mol. The zero-order valence-corrected chi connectivity index (χ0v) is 13.2. The molecule has 1 N–H and O–H groups in total. The van der Waals surface area contributed by atoms with E-state index in [0.717, 1.165) is 36.4 Å². The van der Waals surface area contributed by atoms with Crippen molar-refractivity contribution in [1.82, 2.24) is 15.5 Å². The molecule has 0 aliphatic rings. The summed E-state index contributed by atoms with van der Waals surface area (Å²) in [4.78, 5) is 4.25.